The predicted octanol–water partition coefficient (Wildman–Crippen LogP) is 4.75. The summed E-state index contributed by atoms with van der Waals surface area (Å²) in [5.74, 6) is 1.55. The first-order chi connectivity index (χ1) is 9.56. The molecule has 0 fully saturated rings. The van der Waals surface area contributed by atoms with Gasteiger partial charge in [0.2, 0.25) is 0 Å². The van der Waals surface area contributed by atoms with Crippen LogP contribution in [0, 0.1) is 6.92 Å². The van der Waals surface area contributed by atoms with Gasteiger partial charge in [0.25, 0.3) is 0 Å². The second-order valence-electron chi connectivity index (χ2n) is 4.47. The van der Waals surface area contributed by atoms with Gasteiger partial charge < -0.3 is 5.32 Å². The molecule has 3 nitrogen and oxygen atoms in total. The minimum atomic E-state index is 0.509. The Hall–Kier alpha value is -1.32. The van der Waals surface area contributed by atoms with Crippen molar-refractivity contribution in [3.63, 3.8) is 0 Å². The van der Waals surface area contributed by atoms with Crippen molar-refractivity contribution in [1.29, 1.82) is 0 Å². The molecular formula is C15H17Cl2N3. The molecule has 0 radical (unpaired) electrons. The van der Waals surface area contributed by atoms with Gasteiger partial charge in [-0.05, 0) is 38.5 Å². The van der Waals surface area contributed by atoms with Gasteiger partial charge in [-0.1, -0.05) is 30.1 Å². The Morgan fingerprint density at radius 1 is 1.10 bits per heavy atom. The Kier molecular flexibility index (Phi) is 4.84. The van der Waals surface area contributed by atoms with Crippen molar-refractivity contribution in [1.82, 2.24) is 9.97 Å². The quantitative estimate of drug-likeness (QED) is 0.885. The van der Waals surface area contributed by atoms with Crippen LogP contribution in [-0.2, 0) is 6.42 Å². The molecule has 0 spiro atoms. The monoisotopic (exact) mass is 309 g/mol. The molecule has 0 aliphatic rings. The molecule has 0 saturated carbocycles. The molecule has 0 bridgehead atoms. The van der Waals surface area contributed by atoms with Crippen LogP contribution < -0.4 is 5.32 Å². The third-order valence-electron chi connectivity index (χ3n) is 3.09. The van der Waals surface area contributed by atoms with Crippen LogP contribution >= 0.6 is 23.2 Å². The van der Waals surface area contributed by atoms with E-state index in [0.29, 0.717) is 15.9 Å². The third-order valence-corrected chi connectivity index (χ3v) is 3.83. The Bertz CT molecular complexity index is 627. The van der Waals surface area contributed by atoms with E-state index in [4.69, 9.17) is 23.2 Å². The number of hydrogen-bond acceptors (Lipinski definition) is 3. The number of halogens is 2. The highest BCUT2D eigenvalue weighted by molar-refractivity contribution is 6.42. The van der Waals surface area contributed by atoms with Crippen molar-refractivity contribution in [2.75, 3.05) is 11.9 Å². The summed E-state index contributed by atoms with van der Waals surface area (Å²) in [5.41, 5.74) is 3.00. The lowest BCUT2D eigenvalue weighted by atomic mass is 10.1. The van der Waals surface area contributed by atoms with Gasteiger partial charge in [-0.25, -0.2) is 9.97 Å². The van der Waals surface area contributed by atoms with Gasteiger partial charge in [0, 0.05) is 23.4 Å². The van der Waals surface area contributed by atoms with E-state index in [1.807, 2.05) is 13.0 Å². The van der Waals surface area contributed by atoms with Crippen LogP contribution in [0.25, 0.3) is 11.4 Å². The number of benzene rings is 1. The summed E-state index contributed by atoms with van der Waals surface area (Å²) in [7, 11) is 0. The van der Waals surface area contributed by atoms with Crippen LogP contribution in [0.5, 0.6) is 0 Å². The van der Waals surface area contributed by atoms with E-state index in [1.54, 1.807) is 12.1 Å². The molecule has 20 heavy (non-hydrogen) atoms. The van der Waals surface area contributed by atoms with E-state index in [2.05, 4.69) is 29.1 Å². The van der Waals surface area contributed by atoms with Crippen LogP contribution in [0.4, 0.5) is 5.82 Å². The molecule has 0 saturated heterocycles. The Morgan fingerprint density at radius 2 is 1.85 bits per heavy atom. The molecule has 106 valence electrons. The summed E-state index contributed by atoms with van der Waals surface area (Å²) in [6.07, 6.45) is 0.899. The normalized spacial score (nSPS) is 10.7. The number of rotatable bonds is 4. The summed E-state index contributed by atoms with van der Waals surface area (Å²) < 4.78 is 0. The number of hydrogen-bond donors (Lipinski definition) is 1. The largest absolute Gasteiger partial charge is 0.370 e. The minimum Gasteiger partial charge on any atom is -0.370 e. The molecule has 0 atom stereocenters. The molecule has 1 heterocycles. The van der Waals surface area contributed by atoms with Gasteiger partial charge in [-0.3, -0.25) is 0 Å². The minimum absolute atomic E-state index is 0.509. The topological polar surface area (TPSA) is 37.8 Å². The zero-order chi connectivity index (χ0) is 14.7. The van der Waals surface area contributed by atoms with Crippen molar-refractivity contribution in [3.05, 3.63) is 39.5 Å². The molecule has 5 heteroatoms. The standard InChI is InChI=1S/C15H17Cl2N3/c1-4-11-9(3)19-14(20-15(11)18-5-2)10-6-7-12(16)13(17)8-10/h6-8H,4-5H2,1-3H3,(H,18,19,20). The lowest BCUT2D eigenvalue weighted by Gasteiger charge is -2.13. The predicted molar refractivity (Wildman–Crippen MR) is 85.8 cm³/mol. The number of aryl methyl sites for hydroxylation is 1. The summed E-state index contributed by atoms with van der Waals surface area (Å²) >= 11 is 12.0. The fourth-order valence-electron chi connectivity index (χ4n) is 2.10. The van der Waals surface area contributed by atoms with Crippen LogP contribution in [0.2, 0.25) is 10.0 Å². The zero-order valence-electron chi connectivity index (χ0n) is 11.8. The van der Waals surface area contributed by atoms with Crippen molar-refractivity contribution >= 4 is 29.0 Å². The highest BCUT2D eigenvalue weighted by atomic mass is 35.5. The average molecular weight is 310 g/mol. The number of anilines is 1. The van der Waals surface area contributed by atoms with Crippen molar-refractivity contribution in [2.45, 2.75) is 27.2 Å². The maximum atomic E-state index is 6.06. The first-order valence-corrected chi connectivity index (χ1v) is 7.39. The van der Waals surface area contributed by atoms with Crippen LogP contribution in [0.3, 0.4) is 0 Å². The smallest absolute Gasteiger partial charge is 0.161 e. The second-order valence-corrected chi connectivity index (χ2v) is 5.29. The van der Waals surface area contributed by atoms with E-state index < -0.39 is 0 Å². The number of nitrogens with one attached hydrogen (secondary N) is 1. The zero-order valence-corrected chi connectivity index (χ0v) is 13.3. The molecule has 2 rings (SSSR count). The van der Waals surface area contributed by atoms with Gasteiger partial charge in [0.05, 0.1) is 10.0 Å². The van der Waals surface area contributed by atoms with Crippen molar-refractivity contribution < 1.29 is 0 Å². The Balaban J connectivity index is 2.54. The van der Waals surface area contributed by atoms with Crippen LogP contribution in [-0.4, -0.2) is 16.5 Å². The van der Waals surface area contributed by atoms with Crippen molar-refractivity contribution in [2.24, 2.45) is 0 Å². The van der Waals surface area contributed by atoms with Gasteiger partial charge in [0.15, 0.2) is 5.82 Å². The van der Waals surface area contributed by atoms with Crippen LogP contribution in [0.15, 0.2) is 18.2 Å². The van der Waals surface area contributed by atoms with Crippen LogP contribution in [0.1, 0.15) is 25.1 Å². The molecule has 0 amide bonds. The van der Waals surface area contributed by atoms with E-state index in [0.717, 1.165) is 35.6 Å². The molecule has 0 aliphatic carbocycles. The Labute approximate surface area is 129 Å². The summed E-state index contributed by atoms with van der Waals surface area (Å²) in [6.45, 7) is 6.98. The maximum absolute atomic E-state index is 6.06. The first kappa shape index (κ1) is 15.1. The Morgan fingerprint density at radius 3 is 2.45 bits per heavy atom. The maximum Gasteiger partial charge on any atom is 0.161 e. The fourth-order valence-corrected chi connectivity index (χ4v) is 2.40. The molecule has 2 aromatic rings. The lowest BCUT2D eigenvalue weighted by Crippen LogP contribution is -2.08. The fraction of sp³-hybridized carbons (Fsp3) is 0.333. The molecule has 1 N–H and O–H groups in total. The van der Waals surface area contributed by atoms with Gasteiger partial charge in [-0.2, -0.15) is 0 Å². The SMILES string of the molecule is CCNc1nc(-c2ccc(Cl)c(Cl)c2)nc(C)c1CC. The van der Waals surface area contributed by atoms with E-state index in [1.165, 1.54) is 0 Å². The molecular weight excluding hydrogens is 293 g/mol. The molecule has 1 aromatic carbocycles. The van der Waals surface area contributed by atoms with Gasteiger partial charge in [0.1, 0.15) is 5.82 Å². The summed E-state index contributed by atoms with van der Waals surface area (Å²) in [5, 5.41) is 4.33. The number of aromatic nitrogens is 2. The number of nitrogens with zero attached hydrogens (tertiary/aromatic N) is 2. The summed E-state index contributed by atoms with van der Waals surface area (Å²) in [4.78, 5) is 9.19. The average Bonchev–Trinajstić information content (AvgIpc) is 2.42. The highest BCUT2D eigenvalue weighted by Gasteiger charge is 2.12. The lowest BCUT2D eigenvalue weighted by molar-refractivity contribution is 0.989. The van der Waals surface area contributed by atoms with Crippen molar-refractivity contribution in [3.8, 4) is 11.4 Å². The van der Waals surface area contributed by atoms with Gasteiger partial charge >= 0.3 is 0 Å². The molecule has 1 aromatic heterocycles. The molecule has 0 aliphatic heterocycles. The van der Waals surface area contributed by atoms with E-state index in [9.17, 15) is 0 Å². The van der Waals surface area contributed by atoms with E-state index >= 15 is 0 Å². The third kappa shape index (κ3) is 3.05. The second kappa shape index (κ2) is 6.42. The molecule has 0 unspecified atom stereocenters. The van der Waals surface area contributed by atoms with E-state index in [-0.39, 0.29) is 0 Å². The summed E-state index contributed by atoms with van der Waals surface area (Å²) in [6, 6.07) is 5.43. The highest BCUT2D eigenvalue weighted by Crippen LogP contribution is 2.28. The van der Waals surface area contributed by atoms with Gasteiger partial charge in [-0.15, -0.1) is 0 Å². The first-order valence-electron chi connectivity index (χ1n) is 6.63.